The SMILES string of the molecule is CCCCCCCCCCCCCC/C=C/CC/C=C/CC/C=C/C(O)C(CO)NC(=O)C(O)CCCCCCCCCCCCCCCCCCCCCCCCCCCCCCCCCCCCCCCC. The Labute approximate surface area is 464 Å². The topological polar surface area (TPSA) is 89.8 Å². The molecule has 5 heteroatoms. The number of aliphatic hydroxyl groups excluding tert-OH is 3. The number of rotatable bonds is 63. The van der Waals surface area contributed by atoms with Crippen molar-refractivity contribution in [1.29, 1.82) is 0 Å². The van der Waals surface area contributed by atoms with Gasteiger partial charge in [-0.3, -0.25) is 4.79 Å². The number of amides is 1. The minimum absolute atomic E-state index is 0.379. The normalized spacial score (nSPS) is 13.3. The number of nitrogens with one attached hydrogen (secondary N) is 1. The Morgan fingerprint density at radius 3 is 0.824 bits per heavy atom. The van der Waals surface area contributed by atoms with Crippen LogP contribution >= 0.6 is 0 Å². The van der Waals surface area contributed by atoms with E-state index in [0.29, 0.717) is 6.42 Å². The lowest BCUT2D eigenvalue weighted by molar-refractivity contribution is -0.131. The molecule has 0 aromatic heterocycles. The van der Waals surface area contributed by atoms with Gasteiger partial charge >= 0.3 is 0 Å². The number of allylic oxidation sites excluding steroid dienone is 5. The van der Waals surface area contributed by atoms with Crippen LogP contribution in [0, 0.1) is 0 Å². The molecule has 1 amide bonds. The van der Waals surface area contributed by atoms with Crippen molar-refractivity contribution >= 4 is 5.91 Å². The van der Waals surface area contributed by atoms with Crippen molar-refractivity contribution in [2.45, 2.75) is 392 Å². The maximum absolute atomic E-state index is 12.6. The van der Waals surface area contributed by atoms with Crippen LogP contribution < -0.4 is 5.32 Å². The van der Waals surface area contributed by atoms with Crippen LogP contribution in [-0.4, -0.2) is 46.1 Å². The largest absolute Gasteiger partial charge is 0.394 e. The fraction of sp³-hybridized carbons (Fsp3) is 0.899. The summed E-state index contributed by atoms with van der Waals surface area (Å²) < 4.78 is 0. The third-order valence-electron chi connectivity index (χ3n) is 16.0. The van der Waals surface area contributed by atoms with E-state index < -0.39 is 24.2 Å². The summed E-state index contributed by atoms with van der Waals surface area (Å²) in [5, 5.41) is 33.4. The van der Waals surface area contributed by atoms with Gasteiger partial charge in [0.2, 0.25) is 5.91 Å². The number of hydrogen-bond donors (Lipinski definition) is 4. The highest BCUT2D eigenvalue weighted by atomic mass is 16.3. The van der Waals surface area contributed by atoms with E-state index >= 15 is 0 Å². The lowest BCUT2D eigenvalue weighted by Gasteiger charge is -2.21. The number of hydrogen-bond acceptors (Lipinski definition) is 4. The molecule has 0 saturated heterocycles. The minimum Gasteiger partial charge on any atom is -0.394 e. The van der Waals surface area contributed by atoms with E-state index in [0.717, 1.165) is 44.9 Å². The molecule has 74 heavy (non-hydrogen) atoms. The van der Waals surface area contributed by atoms with Gasteiger partial charge in [0, 0.05) is 0 Å². The summed E-state index contributed by atoms with van der Waals surface area (Å²) in [5.41, 5.74) is 0. The van der Waals surface area contributed by atoms with Crippen LogP contribution in [0.25, 0.3) is 0 Å². The molecule has 0 radical (unpaired) electrons. The van der Waals surface area contributed by atoms with E-state index in [1.807, 2.05) is 6.08 Å². The van der Waals surface area contributed by atoms with E-state index in [1.165, 1.54) is 308 Å². The Balaban J connectivity index is 3.49. The molecule has 0 rings (SSSR count). The van der Waals surface area contributed by atoms with Gasteiger partial charge in [0.1, 0.15) is 6.10 Å². The fourth-order valence-corrected chi connectivity index (χ4v) is 10.8. The van der Waals surface area contributed by atoms with Crippen LogP contribution in [0.4, 0.5) is 0 Å². The average molecular weight is 1040 g/mol. The molecule has 0 fully saturated rings. The maximum Gasteiger partial charge on any atom is 0.249 e. The molecule has 0 heterocycles. The highest BCUT2D eigenvalue weighted by Gasteiger charge is 2.22. The summed E-state index contributed by atoms with van der Waals surface area (Å²) in [6.45, 7) is 4.21. The van der Waals surface area contributed by atoms with Gasteiger partial charge in [0.05, 0.1) is 18.8 Å². The molecule has 0 aliphatic heterocycles. The highest BCUT2D eigenvalue weighted by molar-refractivity contribution is 5.80. The van der Waals surface area contributed by atoms with E-state index in [1.54, 1.807) is 6.08 Å². The Hall–Kier alpha value is -1.43. The van der Waals surface area contributed by atoms with Crippen molar-refractivity contribution in [3.8, 4) is 0 Å². The van der Waals surface area contributed by atoms with Gasteiger partial charge in [-0.25, -0.2) is 0 Å². The lowest BCUT2D eigenvalue weighted by atomic mass is 10.0. The first-order valence-corrected chi connectivity index (χ1v) is 33.8. The van der Waals surface area contributed by atoms with Crippen molar-refractivity contribution in [2.75, 3.05) is 6.61 Å². The fourth-order valence-electron chi connectivity index (χ4n) is 10.8. The van der Waals surface area contributed by atoms with Crippen LogP contribution in [0.3, 0.4) is 0 Å². The summed E-state index contributed by atoms with van der Waals surface area (Å²) in [4.78, 5) is 12.6. The summed E-state index contributed by atoms with van der Waals surface area (Å²) in [6, 6.07) is -0.821. The molecule has 4 N–H and O–H groups in total. The third-order valence-corrected chi connectivity index (χ3v) is 16.0. The van der Waals surface area contributed by atoms with Gasteiger partial charge in [-0.15, -0.1) is 0 Å². The molecule has 3 atom stereocenters. The van der Waals surface area contributed by atoms with Gasteiger partial charge in [0.25, 0.3) is 0 Å². The Bertz CT molecular complexity index is 1150. The van der Waals surface area contributed by atoms with Crippen LogP contribution in [-0.2, 0) is 4.79 Å². The molecule has 438 valence electrons. The first-order valence-electron chi connectivity index (χ1n) is 33.8. The molecular weight excluding hydrogens is 907 g/mol. The Morgan fingerprint density at radius 1 is 0.324 bits per heavy atom. The van der Waals surface area contributed by atoms with Crippen molar-refractivity contribution in [3.63, 3.8) is 0 Å². The van der Waals surface area contributed by atoms with E-state index in [2.05, 4.69) is 43.5 Å². The molecule has 0 aromatic rings. The molecule has 0 aliphatic rings. The Morgan fingerprint density at radius 2 is 0.554 bits per heavy atom. The first-order chi connectivity index (χ1) is 36.6. The van der Waals surface area contributed by atoms with Gasteiger partial charge in [-0.05, 0) is 44.9 Å². The quantitative estimate of drug-likeness (QED) is 0.0361. The zero-order valence-corrected chi connectivity index (χ0v) is 50.3. The lowest BCUT2D eigenvalue weighted by Crippen LogP contribution is -2.48. The molecule has 0 spiro atoms. The monoisotopic (exact) mass is 1040 g/mol. The summed E-state index contributed by atoms with van der Waals surface area (Å²) in [5.74, 6) is -0.510. The zero-order chi connectivity index (χ0) is 53.6. The number of aliphatic hydroxyl groups is 3. The molecule has 0 saturated carbocycles. The van der Waals surface area contributed by atoms with Gasteiger partial charge in [0.15, 0.2) is 0 Å². The number of carbonyl (C=O) groups excluding carboxylic acids is 1. The maximum atomic E-state index is 12.6. The molecule has 3 unspecified atom stereocenters. The second-order valence-corrected chi connectivity index (χ2v) is 23.4. The second-order valence-electron chi connectivity index (χ2n) is 23.4. The summed E-state index contributed by atoms with van der Waals surface area (Å²) >= 11 is 0. The molecule has 0 aliphatic carbocycles. The van der Waals surface area contributed by atoms with Gasteiger partial charge in [-0.1, -0.05) is 365 Å². The standard InChI is InChI=1S/C69H133NO4/c1-3-5-7-9-11-13-15-17-19-21-23-25-27-28-29-30-31-32-33-34-35-36-37-38-39-40-41-42-44-46-48-50-52-54-56-58-60-62-64-68(73)69(74)70-66(65-71)67(72)63-61-59-57-55-53-51-49-47-45-43-26-24-22-20-18-16-14-12-10-8-6-4-2/h45,47,53,55,61,63,66-68,71-73H,3-44,46,48-52,54,56-60,62,64-65H2,1-2H3,(H,70,74)/b47-45+,55-53+,63-61+. The predicted molar refractivity (Wildman–Crippen MR) is 328 cm³/mol. The average Bonchev–Trinajstić information content (AvgIpc) is 3.41. The Kier molecular flexibility index (Phi) is 62.9. The predicted octanol–water partition coefficient (Wildman–Crippen LogP) is 21.7. The van der Waals surface area contributed by atoms with E-state index in [4.69, 9.17) is 0 Å². The van der Waals surface area contributed by atoms with Crippen LogP contribution in [0.2, 0.25) is 0 Å². The third kappa shape index (κ3) is 58.3. The van der Waals surface area contributed by atoms with Crippen LogP contribution in [0.15, 0.2) is 36.5 Å². The van der Waals surface area contributed by atoms with Crippen LogP contribution in [0.5, 0.6) is 0 Å². The molecule has 0 bridgehead atoms. The number of carbonyl (C=O) groups is 1. The summed E-state index contributed by atoms with van der Waals surface area (Å²) in [6.07, 6.45) is 85.8. The van der Waals surface area contributed by atoms with Crippen LogP contribution in [0.1, 0.15) is 373 Å². The summed E-state index contributed by atoms with van der Waals surface area (Å²) in [7, 11) is 0. The minimum atomic E-state index is -1.11. The van der Waals surface area contributed by atoms with Gasteiger partial charge < -0.3 is 20.6 Å². The van der Waals surface area contributed by atoms with Crippen molar-refractivity contribution in [2.24, 2.45) is 0 Å². The smallest absolute Gasteiger partial charge is 0.249 e. The van der Waals surface area contributed by atoms with Crippen molar-refractivity contribution < 1.29 is 20.1 Å². The van der Waals surface area contributed by atoms with E-state index in [-0.39, 0.29) is 6.61 Å². The molecular formula is C69H133NO4. The second kappa shape index (κ2) is 64.1. The first kappa shape index (κ1) is 72.6. The van der Waals surface area contributed by atoms with Crippen molar-refractivity contribution in [1.82, 2.24) is 5.32 Å². The molecule has 0 aromatic carbocycles. The number of unbranched alkanes of at least 4 members (excludes halogenated alkanes) is 51. The highest BCUT2D eigenvalue weighted by Crippen LogP contribution is 2.19. The molecule has 5 nitrogen and oxygen atoms in total. The van der Waals surface area contributed by atoms with E-state index in [9.17, 15) is 20.1 Å². The zero-order valence-electron chi connectivity index (χ0n) is 50.3. The van der Waals surface area contributed by atoms with Gasteiger partial charge in [-0.2, -0.15) is 0 Å². The van der Waals surface area contributed by atoms with Crippen molar-refractivity contribution in [3.05, 3.63) is 36.5 Å².